The van der Waals surface area contributed by atoms with Gasteiger partial charge in [-0.25, -0.2) is 8.91 Å². The zero-order chi connectivity index (χ0) is 14.0. The largest absolute Gasteiger partial charge is 0.264 e. The average Bonchev–Trinajstić information content (AvgIpc) is 3.26. The maximum Gasteiger partial charge on any atom is 0.123 e. The molecule has 1 aromatic carbocycles. The van der Waals surface area contributed by atoms with Crippen LogP contribution in [-0.2, 0) is 0 Å². The predicted molar refractivity (Wildman–Crippen MR) is 79.9 cm³/mol. The Kier molecular flexibility index (Phi) is 2.02. The summed E-state index contributed by atoms with van der Waals surface area (Å²) in [7, 11) is 0. The van der Waals surface area contributed by atoms with Crippen molar-refractivity contribution in [1.82, 2.24) is 14.6 Å². The van der Waals surface area contributed by atoms with Crippen LogP contribution in [0, 0.1) is 5.82 Å². The van der Waals surface area contributed by atoms with E-state index in [-0.39, 0.29) is 5.82 Å². The highest BCUT2D eigenvalue weighted by Gasteiger charge is 2.28. The fourth-order valence-electron chi connectivity index (χ4n) is 3.12. The van der Waals surface area contributed by atoms with Crippen LogP contribution in [0.2, 0.25) is 0 Å². The number of hydrogen-bond donors (Lipinski definition) is 0. The third kappa shape index (κ3) is 1.53. The van der Waals surface area contributed by atoms with Crippen LogP contribution >= 0.6 is 0 Å². The van der Waals surface area contributed by atoms with E-state index in [9.17, 15) is 4.39 Å². The molecular formula is C17H12FN3. The van der Waals surface area contributed by atoms with E-state index in [1.165, 1.54) is 24.6 Å². The van der Waals surface area contributed by atoms with Crippen molar-refractivity contribution in [2.75, 3.05) is 0 Å². The summed E-state index contributed by atoms with van der Waals surface area (Å²) in [5.41, 5.74) is 3.10. The Labute approximate surface area is 120 Å². The number of fused-ring (bicyclic) bond motifs is 5. The molecule has 0 aliphatic heterocycles. The summed E-state index contributed by atoms with van der Waals surface area (Å²) in [6, 6.07) is 9.02. The van der Waals surface area contributed by atoms with Crippen molar-refractivity contribution >= 4 is 27.2 Å². The number of pyridine rings is 2. The molecule has 21 heavy (non-hydrogen) atoms. The summed E-state index contributed by atoms with van der Waals surface area (Å²) in [5.74, 6) is 0.353. The number of halogens is 1. The summed E-state index contributed by atoms with van der Waals surface area (Å²) in [6.45, 7) is 0. The summed E-state index contributed by atoms with van der Waals surface area (Å²) in [5, 5.41) is 7.66. The molecule has 0 atom stereocenters. The lowest BCUT2D eigenvalue weighted by Crippen LogP contribution is -1.97. The highest BCUT2D eigenvalue weighted by molar-refractivity contribution is 6.09. The first-order valence-corrected chi connectivity index (χ1v) is 7.16. The van der Waals surface area contributed by atoms with Crippen LogP contribution < -0.4 is 0 Å². The molecule has 1 saturated carbocycles. The van der Waals surface area contributed by atoms with E-state index in [0.717, 1.165) is 27.2 Å². The fourth-order valence-corrected chi connectivity index (χ4v) is 3.12. The maximum atomic E-state index is 13.7. The molecule has 3 nitrogen and oxygen atoms in total. The molecule has 4 heteroatoms. The van der Waals surface area contributed by atoms with Crippen molar-refractivity contribution in [2.24, 2.45) is 0 Å². The van der Waals surface area contributed by atoms with E-state index >= 15 is 0 Å². The van der Waals surface area contributed by atoms with Crippen LogP contribution in [0.1, 0.15) is 24.5 Å². The van der Waals surface area contributed by atoms with Gasteiger partial charge in [-0.1, -0.05) is 6.07 Å². The fraction of sp³-hybridized carbons (Fsp3) is 0.176. The van der Waals surface area contributed by atoms with Gasteiger partial charge in [-0.3, -0.25) is 4.98 Å². The van der Waals surface area contributed by atoms with E-state index in [4.69, 9.17) is 5.10 Å². The van der Waals surface area contributed by atoms with Gasteiger partial charge < -0.3 is 0 Å². The third-order valence-corrected chi connectivity index (χ3v) is 4.29. The number of benzene rings is 1. The number of rotatable bonds is 1. The Morgan fingerprint density at radius 3 is 2.86 bits per heavy atom. The van der Waals surface area contributed by atoms with Crippen LogP contribution in [0.5, 0.6) is 0 Å². The lowest BCUT2D eigenvalue weighted by molar-refractivity contribution is 0.629. The van der Waals surface area contributed by atoms with Gasteiger partial charge >= 0.3 is 0 Å². The van der Waals surface area contributed by atoms with Gasteiger partial charge in [0, 0.05) is 34.8 Å². The molecule has 5 rings (SSSR count). The van der Waals surface area contributed by atoms with E-state index in [1.54, 1.807) is 12.3 Å². The molecule has 4 aromatic rings. The molecule has 3 aromatic heterocycles. The van der Waals surface area contributed by atoms with Gasteiger partial charge in [0.15, 0.2) is 0 Å². The second-order valence-corrected chi connectivity index (χ2v) is 5.73. The topological polar surface area (TPSA) is 30.2 Å². The van der Waals surface area contributed by atoms with Crippen LogP contribution in [0.25, 0.3) is 27.2 Å². The molecule has 0 amide bonds. The second-order valence-electron chi connectivity index (χ2n) is 5.73. The quantitative estimate of drug-likeness (QED) is 0.525. The Bertz CT molecular complexity index is 1010. The van der Waals surface area contributed by atoms with Crippen LogP contribution in [0.3, 0.4) is 0 Å². The zero-order valence-corrected chi connectivity index (χ0v) is 11.3. The highest BCUT2D eigenvalue weighted by atomic mass is 19.1. The van der Waals surface area contributed by atoms with Crippen LogP contribution in [0.15, 0.2) is 42.7 Å². The Morgan fingerprint density at radius 1 is 1.10 bits per heavy atom. The summed E-state index contributed by atoms with van der Waals surface area (Å²) in [6.07, 6.45) is 5.97. The minimum Gasteiger partial charge on any atom is -0.264 e. The van der Waals surface area contributed by atoms with Crippen molar-refractivity contribution in [3.8, 4) is 0 Å². The zero-order valence-electron chi connectivity index (χ0n) is 11.3. The van der Waals surface area contributed by atoms with E-state index < -0.39 is 0 Å². The molecule has 1 fully saturated rings. The molecule has 0 N–H and O–H groups in total. The smallest absolute Gasteiger partial charge is 0.123 e. The van der Waals surface area contributed by atoms with Crippen molar-refractivity contribution in [3.63, 3.8) is 0 Å². The SMILES string of the molecule is Fc1ccc2cc(C3CC3)n3nc4ccncc4c3c2c1. The van der Waals surface area contributed by atoms with E-state index in [1.807, 2.05) is 22.8 Å². The number of aromatic nitrogens is 3. The van der Waals surface area contributed by atoms with Gasteiger partial charge in [-0.15, -0.1) is 0 Å². The lowest BCUT2D eigenvalue weighted by atomic mass is 10.1. The van der Waals surface area contributed by atoms with Gasteiger partial charge in [0.05, 0.1) is 11.0 Å². The second kappa shape index (κ2) is 3.79. The van der Waals surface area contributed by atoms with Gasteiger partial charge in [0.2, 0.25) is 0 Å². The van der Waals surface area contributed by atoms with Crippen molar-refractivity contribution < 1.29 is 4.39 Å². The number of nitrogens with zero attached hydrogens (tertiary/aromatic N) is 3. The summed E-state index contributed by atoms with van der Waals surface area (Å²) < 4.78 is 15.7. The molecule has 0 spiro atoms. The van der Waals surface area contributed by atoms with Gasteiger partial charge in [-0.2, -0.15) is 5.10 Å². The lowest BCUT2D eigenvalue weighted by Gasteiger charge is -2.08. The van der Waals surface area contributed by atoms with Crippen molar-refractivity contribution in [3.05, 3.63) is 54.2 Å². The summed E-state index contributed by atoms with van der Waals surface area (Å²) >= 11 is 0. The van der Waals surface area contributed by atoms with E-state index in [0.29, 0.717) is 5.92 Å². The molecule has 0 bridgehead atoms. The third-order valence-electron chi connectivity index (χ3n) is 4.29. The van der Waals surface area contributed by atoms with Gasteiger partial charge in [-0.05, 0) is 42.5 Å². The molecule has 3 heterocycles. The predicted octanol–water partition coefficient (Wildman–Crippen LogP) is 4.05. The first kappa shape index (κ1) is 11.2. The minimum absolute atomic E-state index is 0.221. The van der Waals surface area contributed by atoms with Crippen molar-refractivity contribution in [2.45, 2.75) is 18.8 Å². The Morgan fingerprint density at radius 2 is 2.00 bits per heavy atom. The first-order chi connectivity index (χ1) is 10.3. The molecule has 1 aliphatic rings. The van der Waals surface area contributed by atoms with Crippen LogP contribution in [-0.4, -0.2) is 14.6 Å². The number of hydrogen-bond acceptors (Lipinski definition) is 2. The molecule has 102 valence electrons. The van der Waals surface area contributed by atoms with E-state index in [2.05, 4.69) is 11.1 Å². The monoisotopic (exact) mass is 277 g/mol. The van der Waals surface area contributed by atoms with Crippen molar-refractivity contribution in [1.29, 1.82) is 0 Å². The first-order valence-electron chi connectivity index (χ1n) is 7.16. The molecular weight excluding hydrogens is 265 g/mol. The maximum absolute atomic E-state index is 13.7. The van der Waals surface area contributed by atoms with Gasteiger partial charge in [0.25, 0.3) is 0 Å². The normalized spacial score (nSPS) is 15.3. The molecule has 0 saturated heterocycles. The Balaban J connectivity index is 2.08. The van der Waals surface area contributed by atoms with Crippen LogP contribution in [0.4, 0.5) is 4.39 Å². The standard InChI is InChI=1S/C17H12FN3/c18-12-4-3-11-7-16(10-1-2-10)21-17(13(11)8-12)14-9-19-6-5-15(14)20-21/h3-10H,1-2H2. The Hall–Kier alpha value is -2.49. The minimum atomic E-state index is -0.221. The summed E-state index contributed by atoms with van der Waals surface area (Å²) in [4.78, 5) is 4.21. The molecule has 0 unspecified atom stereocenters. The average molecular weight is 277 g/mol. The molecule has 0 radical (unpaired) electrons. The van der Waals surface area contributed by atoms with Gasteiger partial charge in [0.1, 0.15) is 5.82 Å². The highest BCUT2D eigenvalue weighted by Crippen LogP contribution is 2.42. The molecule has 1 aliphatic carbocycles.